The van der Waals surface area contributed by atoms with E-state index in [1.54, 1.807) is 30.3 Å². The van der Waals surface area contributed by atoms with Crippen molar-refractivity contribution in [2.45, 2.75) is 85.2 Å². The van der Waals surface area contributed by atoms with Crippen molar-refractivity contribution in [3.8, 4) is 0 Å². The lowest BCUT2D eigenvalue weighted by Gasteiger charge is -2.22. The molecule has 1 rings (SSSR count). The first-order valence-electron chi connectivity index (χ1n) is 12.1. The molecule has 3 unspecified atom stereocenters. The molecule has 0 heterocycles. The molecule has 0 fully saturated rings. The highest BCUT2D eigenvalue weighted by atomic mass is 31.2. The number of hydrogen-bond donors (Lipinski definition) is 1. The van der Waals surface area contributed by atoms with Gasteiger partial charge in [0.05, 0.1) is 13.2 Å². The van der Waals surface area contributed by atoms with E-state index in [2.05, 4.69) is 13.8 Å². The van der Waals surface area contributed by atoms with Crippen LogP contribution in [0.4, 0.5) is 0 Å². The van der Waals surface area contributed by atoms with Crippen LogP contribution >= 0.6 is 7.82 Å². The molecule has 33 heavy (non-hydrogen) atoms. The highest BCUT2D eigenvalue weighted by molar-refractivity contribution is 7.48. The van der Waals surface area contributed by atoms with Crippen molar-refractivity contribution in [1.82, 2.24) is 0 Å². The number of benzene rings is 1. The van der Waals surface area contributed by atoms with Crippen molar-refractivity contribution in [2.75, 3.05) is 13.2 Å². The summed E-state index contributed by atoms with van der Waals surface area (Å²) in [5.41, 5.74) is 0.293. The smallest absolute Gasteiger partial charge is 0.479 e. The van der Waals surface area contributed by atoms with Crippen LogP contribution in [0.1, 0.15) is 90.7 Å². The molecule has 0 saturated heterocycles. The quantitative estimate of drug-likeness (QED) is 0.116. The summed E-state index contributed by atoms with van der Waals surface area (Å²) in [6.45, 7) is 8.66. The third-order valence-corrected chi connectivity index (χ3v) is 6.59. The summed E-state index contributed by atoms with van der Waals surface area (Å²) in [7, 11) is -4.51. The number of aliphatic carboxylic acids is 1. The number of carbonyl (C=O) groups is 1. The van der Waals surface area contributed by atoms with Gasteiger partial charge in [0.1, 0.15) is 0 Å². The van der Waals surface area contributed by atoms with Crippen LogP contribution < -0.4 is 0 Å². The maximum absolute atomic E-state index is 13.3. The Morgan fingerprint density at radius 1 is 0.879 bits per heavy atom. The van der Waals surface area contributed by atoms with Crippen LogP contribution in [0.15, 0.2) is 30.3 Å². The molecule has 3 atom stereocenters. The molecular formula is C24H41O8P. The minimum Gasteiger partial charge on any atom is -0.479 e. The Morgan fingerprint density at radius 3 is 1.76 bits per heavy atom. The van der Waals surface area contributed by atoms with Gasteiger partial charge in [-0.3, -0.25) is 4.52 Å². The molecule has 0 aliphatic carbocycles. The molecule has 1 N–H and O–H groups in total. The molecule has 1 aromatic carbocycles. The second-order valence-corrected chi connectivity index (χ2v) is 9.64. The summed E-state index contributed by atoms with van der Waals surface area (Å²) >= 11 is 0. The number of hydrogen-bond acceptors (Lipinski definition) is 7. The van der Waals surface area contributed by atoms with Crippen molar-refractivity contribution in [1.29, 1.82) is 0 Å². The predicted molar refractivity (Wildman–Crippen MR) is 126 cm³/mol. The third kappa shape index (κ3) is 12.1. The Hall–Kier alpha value is -1.28. The fraction of sp³-hybridized carbons (Fsp3) is 0.708. The van der Waals surface area contributed by atoms with E-state index >= 15 is 0 Å². The SMILES string of the molecule is CCCCC(CC)COOP(=O)(OOCC(CC)CCCC)OC(C(=O)O)c1ccccc1. The zero-order valence-electron chi connectivity index (χ0n) is 20.4. The highest BCUT2D eigenvalue weighted by Gasteiger charge is 2.38. The van der Waals surface area contributed by atoms with E-state index < -0.39 is 19.9 Å². The van der Waals surface area contributed by atoms with Crippen molar-refractivity contribution in [3.63, 3.8) is 0 Å². The normalized spacial score (nSPS) is 16.1. The van der Waals surface area contributed by atoms with Gasteiger partial charge in [-0.05, 0) is 30.2 Å². The fourth-order valence-electron chi connectivity index (χ4n) is 3.23. The lowest BCUT2D eigenvalue weighted by atomic mass is 10.0. The predicted octanol–water partition coefficient (Wildman–Crippen LogP) is 7.27. The Kier molecular flexibility index (Phi) is 15.5. The summed E-state index contributed by atoms with van der Waals surface area (Å²) in [5.74, 6) is -0.915. The van der Waals surface area contributed by atoms with E-state index in [4.69, 9.17) is 23.6 Å². The van der Waals surface area contributed by atoms with Gasteiger partial charge in [0.25, 0.3) is 0 Å². The number of unbranched alkanes of at least 4 members (excludes halogenated alkanes) is 2. The third-order valence-electron chi connectivity index (χ3n) is 5.54. The van der Waals surface area contributed by atoms with E-state index in [1.807, 2.05) is 13.8 Å². The summed E-state index contributed by atoms with van der Waals surface area (Å²) in [4.78, 5) is 22.3. The number of carboxylic acid groups (broad SMARTS) is 1. The fourth-order valence-corrected chi connectivity index (χ4v) is 4.18. The van der Waals surface area contributed by atoms with Gasteiger partial charge >= 0.3 is 13.8 Å². The van der Waals surface area contributed by atoms with E-state index in [9.17, 15) is 14.5 Å². The number of phosphoric acid groups is 1. The molecule has 0 amide bonds. The maximum atomic E-state index is 13.3. The van der Waals surface area contributed by atoms with Crippen molar-refractivity contribution in [2.24, 2.45) is 11.8 Å². The first-order valence-corrected chi connectivity index (χ1v) is 13.5. The van der Waals surface area contributed by atoms with Crippen LogP contribution in [0.2, 0.25) is 0 Å². The summed E-state index contributed by atoms with van der Waals surface area (Å²) in [6.07, 6.45) is 6.24. The number of carboxylic acids is 1. The minimum atomic E-state index is -4.51. The second kappa shape index (κ2) is 17.2. The molecule has 8 nitrogen and oxygen atoms in total. The minimum absolute atomic E-state index is 0.185. The van der Waals surface area contributed by atoms with Gasteiger partial charge in [0.15, 0.2) is 6.10 Å². The molecule has 9 heteroatoms. The van der Waals surface area contributed by atoms with Gasteiger partial charge < -0.3 is 5.11 Å². The lowest BCUT2D eigenvalue weighted by molar-refractivity contribution is -0.291. The topological polar surface area (TPSA) is 101 Å². The molecule has 190 valence electrons. The standard InChI is InChI=1S/C24H41O8P/c1-5-9-14-20(7-3)18-28-31-33(27,32-29-19-21(8-4)15-10-6-2)30-23(24(25)26)22-16-12-11-13-17-22/h11-13,16-17,20-21,23H,5-10,14-15,18-19H2,1-4H3,(H,25,26). The summed E-state index contributed by atoms with van der Waals surface area (Å²) in [5, 5.41) is 9.65. The molecule has 1 aromatic rings. The molecule has 0 bridgehead atoms. The first-order chi connectivity index (χ1) is 15.9. The van der Waals surface area contributed by atoms with Crippen molar-refractivity contribution >= 4 is 13.8 Å². The summed E-state index contributed by atoms with van der Waals surface area (Å²) in [6, 6.07) is 8.17. The lowest BCUT2D eigenvalue weighted by Crippen LogP contribution is -2.18. The van der Waals surface area contributed by atoms with Crippen LogP contribution in [0.5, 0.6) is 0 Å². The summed E-state index contributed by atoms with van der Waals surface area (Å²) < 4.78 is 28.8. The Balaban J connectivity index is 2.87. The number of rotatable bonds is 20. The van der Waals surface area contributed by atoms with Gasteiger partial charge in [-0.15, -0.1) is 9.35 Å². The molecule has 0 radical (unpaired) electrons. The van der Waals surface area contributed by atoms with E-state index in [-0.39, 0.29) is 25.0 Å². The Morgan fingerprint density at radius 2 is 1.36 bits per heavy atom. The van der Waals surface area contributed by atoms with Crippen molar-refractivity contribution < 1.29 is 38.1 Å². The average Bonchev–Trinajstić information content (AvgIpc) is 2.82. The van der Waals surface area contributed by atoms with Gasteiger partial charge in [-0.25, -0.2) is 19.1 Å². The first kappa shape index (κ1) is 29.8. The zero-order valence-corrected chi connectivity index (χ0v) is 21.3. The van der Waals surface area contributed by atoms with E-state index in [0.717, 1.165) is 51.4 Å². The van der Waals surface area contributed by atoms with Gasteiger partial charge in [0.2, 0.25) is 0 Å². The largest absolute Gasteiger partial charge is 0.530 e. The molecular weight excluding hydrogens is 447 g/mol. The van der Waals surface area contributed by atoms with Crippen LogP contribution in [-0.4, -0.2) is 24.3 Å². The van der Waals surface area contributed by atoms with Crippen LogP contribution in [0.25, 0.3) is 0 Å². The molecule has 0 saturated carbocycles. The van der Waals surface area contributed by atoms with Crippen LogP contribution in [0, 0.1) is 11.8 Å². The van der Waals surface area contributed by atoms with E-state index in [1.165, 1.54) is 0 Å². The molecule has 0 aliphatic heterocycles. The van der Waals surface area contributed by atoms with Crippen molar-refractivity contribution in [3.05, 3.63) is 35.9 Å². The zero-order chi connectivity index (χ0) is 24.5. The molecule has 0 spiro atoms. The molecule has 0 aliphatic rings. The van der Waals surface area contributed by atoms with Gasteiger partial charge in [-0.1, -0.05) is 96.6 Å². The molecule has 0 aromatic heterocycles. The maximum Gasteiger partial charge on any atom is 0.530 e. The van der Waals surface area contributed by atoms with Crippen LogP contribution in [0.3, 0.4) is 0 Å². The Labute approximate surface area is 198 Å². The van der Waals surface area contributed by atoms with Crippen LogP contribution in [-0.2, 0) is 33.0 Å². The van der Waals surface area contributed by atoms with Gasteiger partial charge in [-0.2, -0.15) is 0 Å². The van der Waals surface area contributed by atoms with Gasteiger partial charge in [0, 0.05) is 0 Å². The second-order valence-electron chi connectivity index (χ2n) is 8.23. The van der Waals surface area contributed by atoms with E-state index in [0.29, 0.717) is 5.56 Å². The Bertz CT molecular complexity index is 658. The monoisotopic (exact) mass is 488 g/mol. The highest BCUT2D eigenvalue weighted by Crippen LogP contribution is 2.54. The average molecular weight is 489 g/mol.